The van der Waals surface area contributed by atoms with Crippen LogP contribution < -0.4 is 4.74 Å². The maximum atomic E-state index is 6.26. The Bertz CT molecular complexity index is 1750. The van der Waals surface area contributed by atoms with Crippen molar-refractivity contribution in [3.63, 3.8) is 0 Å². The van der Waals surface area contributed by atoms with E-state index in [1.807, 2.05) is 0 Å². The number of rotatable bonds is 9. The van der Waals surface area contributed by atoms with Gasteiger partial charge < -0.3 is 14.7 Å². The number of ether oxygens (including phenoxy) is 1. The maximum absolute atomic E-state index is 6.26. The molecule has 2 aliphatic heterocycles. The molecule has 0 spiro atoms. The Labute approximate surface area is 251 Å². The van der Waals surface area contributed by atoms with Crippen molar-refractivity contribution >= 4 is 44.4 Å². The normalized spacial score (nSPS) is 13.5. The lowest BCUT2D eigenvalue weighted by Gasteiger charge is -2.08. The Balaban J connectivity index is 2.09. The van der Waals surface area contributed by atoms with Crippen LogP contribution in [0.5, 0.6) is 5.75 Å². The lowest BCUT2D eigenvalue weighted by molar-refractivity contribution is 0.415. The summed E-state index contributed by atoms with van der Waals surface area (Å²) in [6.07, 6.45) is 7.50. The summed E-state index contributed by atoms with van der Waals surface area (Å²) in [7, 11) is 1.79. The van der Waals surface area contributed by atoms with E-state index >= 15 is 0 Å². The van der Waals surface area contributed by atoms with E-state index in [4.69, 9.17) is 14.7 Å². The third kappa shape index (κ3) is 4.71. The van der Waals surface area contributed by atoms with Gasteiger partial charge in [0.1, 0.15) is 5.69 Å². The van der Waals surface area contributed by atoms with Crippen molar-refractivity contribution in [2.24, 2.45) is 0 Å². The van der Waals surface area contributed by atoms with E-state index in [0.717, 1.165) is 90.9 Å². The van der Waals surface area contributed by atoms with Gasteiger partial charge in [-0.1, -0.05) is 55.4 Å². The van der Waals surface area contributed by atoms with Crippen LogP contribution in [0.25, 0.3) is 44.4 Å². The van der Waals surface area contributed by atoms with Gasteiger partial charge in [0, 0.05) is 16.6 Å². The van der Waals surface area contributed by atoms with Crippen LogP contribution in [-0.2, 0) is 25.7 Å². The minimum absolute atomic E-state index is 0.839. The number of fused-ring (bicyclic) bond motifs is 8. The number of hydrogen-bond acceptors (Lipinski definition) is 3. The molecule has 3 aromatic heterocycles. The van der Waals surface area contributed by atoms with Crippen LogP contribution >= 0.6 is 0 Å². The standard InChI is InChI=1S/C37H48N4O/c1-10-21-23(12-3)31-19-33-25(14-5)27(16-7)35(40-33)37(42-9)36-28(17-8)26(15-6)34(41-36)20-32-24(13-4)22(11-2)30(39-32)18-29(21)38-31/h18-20,38,40H,10-17H2,1-9H3. The minimum Gasteiger partial charge on any atom is -0.492 e. The highest BCUT2D eigenvalue weighted by molar-refractivity contribution is 5.98. The Morgan fingerprint density at radius 2 is 0.952 bits per heavy atom. The molecule has 2 N–H and O–H groups in total. The first-order valence-electron chi connectivity index (χ1n) is 16.2. The van der Waals surface area contributed by atoms with Gasteiger partial charge in [-0.15, -0.1) is 0 Å². The SMILES string of the molecule is CCC1=C(CC)c2cc3[nH]c(cc4[nH]c(c(CC)c4CC)c(OC)c4nc(cc1n2)C(CC)=C4CC)c(CC)c3CC. The minimum atomic E-state index is 0.839. The highest BCUT2D eigenvalue weighted by atomic mass is 16.5. The summed E-state index contributed by atoms with van der Waals surface area (Å²) in [4.78, 5) is 18.3. The van der Waals surface area contributed by atoms with E-state index < -0.39 is 0 Å². The Hall–Kier alpha value is -3.60. The third-order valence-corrected chi connectivity index (χ3v) is 9.27. The monoisotopic (exact) mass is 564 g/mol. The number of aryl methyl sites for hydroxylation is 4. The average molecular weight is 565 g/mol. The molecule has 0 amide bonds. The second-order valence-electron chi connectivity index (χ2n) is 11.2. The second-order valence-corrected chi connectivity index (χ2v) is 11.2. The first kappa shape index (κ1) is 29.9. The molecule has 0 radical (unpaired) electrons. The van der Waals surface area contributed by atoms with Crippen molar-refractivity contribution < 1.29 is 4.74 Å². The molecule has 42 heavy (non-hydrogen) atoms. The Morgan fingerprint density at radius 3 is 1.48 bits per heavy atom. The van der Waals surface area contributed by atoms with Gasteiger partial charge in [-0.3, -0.25) is 0 Å². The lowest BCUT2D eigenvalue weighted by atomic mass is 9.97. The van der Waals surface area contributed by atoms with Gasteiger partial charge in [-0.2, -0.15) is 0 Å². The van der Waals surface area contributed by atoms with Gasteiger partial charge in [0.05, 0.1) is 29.7 Å². The fraction of sp³-hybridized carbons (Fsp3) is 0.459. The van der Waals surface area contributed by atoms with Crippen LogP contribution in [0, 0.1) is 0 Å². The van der Waals surface area contributed by atoms with Crippen LogP contribution in [0.4, 0.5) is 0 Å². The predicted molar refractivity (Wildman–Crippen MR) is 180 cm³/mol. The molecule has 8 bridgehead atoms. The first-order chi connectivity index (χ1) is 20.4. The summed E-state index contributed by atoms with van der Waals surface area (Å²) >= 11 is 0. The van der Waals surface area contributed by atoms with Gasteiger partial charge in [0.15, 0.2) is 5.75 Å². The number of methoxy groups -OCH3 is 1. The van der Waals surface area contributed by atoms with E-state index in [1.54, 1.807) is 7.11 Å². The van der Waals surface area contributed by atoms with Crippen LogP contribution in [0.3, 0.4) is 0 Å². The molecule has 3 aromatic rings. The molecule has 0 fully saturated rings. The van der Waals surface area contributed by atoms with E-state index in [0.29, 0.717) is 0 Å². The molecule has 0 aromatic carbocycles. The highest BCUT2D eigenvalue weighted by Crippen LogP contribution is 2.43. The molecule has 0 unspecified atom stereocenters. The smallest absolute Gasteiger partial charge is 0.168 e. The lowest BCUT2D eigenvalue weighted by Crippen LogP contribution is -1.94. The van der Waals surface area contributed by atoms with Gasteiger partial charge >= 0.3 is 0 Å². The number of H-pyrrole nitrogens is 2. The largest absolute Gasteiger partial charge is 0.492 e. The van der Waals surface area contributed by atoms with Crippen molar-refractivity contribution in [2.45, 2.75) is 107 Å². The predicted octanol–water partition coefficient (Wildman–Crippen LogP) is 10.0. The quantitative estimate of drug-likeness (QED) is 0.272. The molecule has 222 valence electrons. The zero-order valence-corrected chi connectivity index (χ0v) is 27.2. The van der Waals surface area contributed by atoms with Crippen LogP contribution in [0.15, 0.2) is 18.2 Å². The summed E-state index contributed by atoms with van der Waals surface area (Å²) in [6, 6.07) is 6.86. The maximum Gasteiger partial charge on any atom is 0.168 e. The summed E-state index contributed by atoms with van der Waals surface area (Å²) in [5.74, 6) is 0.839. The summed E-state index contributed by atoms with van der Waals surface area (Å²) in [6.45, 7) is 18.0. The van der Waals surface area contributed by atoms with Gasteiger partial charge in [0.2, 0.25) is 0 Å². The van der Waals surface area contributed by atoms with Gasteiger partial charge in [-0.25, -0.2) is 9.97 Å². The fourth-order valence-electron chi connectivity index (χ4n) is 7.35. The zero-order valence-electron chi connectivity index (χ0n) is 27.2. The fourth-order valence-corrected chi connectivity index (χ4v) is 7.35. The van der Waals surface area contributed by atoms with Gasteiger partial charge in [0.25, 0.3) is 0 Å². The van der Waals surface area contributed by atoms with E-state index in [-0.39, 0.29) is 0 Å². The Morgan fingerprint density at radius 1 is 0.500 bits per heavy atom. The number of nitrogens with one attached hydrogen (secondary N) is 2. The zero-order chi connectivity index (χ0) is 30.1. The molecule has 0 saturated heterocycles. The highest BCUT2D eigenvalue weighted by Gasteiger charge is 2.25. The molecule has 2 aliphatic rings. The van der Waals surface area contributed by atoms with Crippen molar-refractivity contribution in [3.05, 3.63) is 63.2 Å². The van der Waals surface area contributed by atoms with E-state index in [9.17, 15) is 0 Å². The Kier molecular flexibility index (Phi) is 8.77. The van der Waals surface area contributed by atoms with Crippen molar-refractivity contribution in [1.29, 1.82) is 0 Å². The summed E-state index contributed by atoms with van der Waals surface area (Å²) in [5.41, 5.74) is 19.3. The van der Waals surface area contributed by atoms with Crippen LogP contribution in [-0.4, -0.2) is 27.0 Å². The molecule has 0 aliphatic carbocycles. The number of aromatic nitrogens is 4. The molecule has 5 heteroatoms. The first-order valence-corrected chi connectivity index (χ1v) is 16.2. The topological polar surface area (TPSA) is 66.6 Å². The van der Waals surface area contributed by atoms with Crippen molar-refractivity contribution in [3.8, 4) is 5.75 Å². The van der Waals surface area contributed by atoms with E-state index in [2.05, 4.69) is 83.6 Å². The summed E-state index contributed by atoms with van der Waals surface area (Å²) in [5, 5.41) is 0. The number of hydrogen-bond donors (Lipinski definition) is 2. The molecule has 0 atom stereocenters. The molecular weight excluding hydrogens is 516 g/mol. The molecule has 5 heterocycles. The number of allylic oxidation sites excluding steroid dienone is 4. The third-order valence-electron chi connectivity index (χ3n) is 9.27. The van der Waals surface area contributed by atoms with Gasteiger partial charge in [-0.05, 0) is 114 Å². The van der Waals surface area contributed by atoms with Crippen LogP contribution in [0.1, 0.15) is 126 Å². The molecule has 0 saturated carbocycles. The van der Waals surface area contributed by atoms with Crippen molar-refractivity contribution in [2.75, 3.05) is 7.11 Å². The number of nitrogens with zero attached hydrogens (tertiary/aromatic N) is 2. The van der Waals surface area contributed by atoms with Crippen LogP contribution in [0.2, 0.25) is 0 Å². The summed E-state index contributed by atoms with van der Waals surface area (Å²) < 4.78 is 6.26. The average Bonchev–Trinajstić information content (AvgIpc) is 3.72. The molecule has 5 nitrogen and oxygen atoms in total. The number of aromatic amines is 2. The van der Waals surface area contributed by atoms with E-state index in [1.165, 1.54) is 55.6 Å². The molecular formula is C37H48N4O. The second kappa shape index (κ2) is 12.3. The molecule has 5 rings (SSSR count). The van der Waals surface area contributed by atoms with Crippen molar-refractivity contribution in [1.82, 2.24) is 19.9 Å².